The number of amidine groups is 1. The van der Waals surface area contributed by atoms with Gasteiger partial charge < -0.3 is 15.0 Å². The van der Waals surface area contributed by atoms with Gasteiger partial charge in [0.1, 0.15) is 5.04 Å². The van der Waals surface area contributed by atoms with Crippen LogP contribution in [0.2, 0.25) is 5.02 Å². The Bertz CT molecular complexity index is 990. The molecule has 2 heterocycles. The summed E-state index contributed by atoms with van der Waals surface area (Å²) in [6, 6.07) is 9.54. The van der Waals surface area contributed by atoms with Crippen LogP contribution >= 0.6 is 23.4 Å². The predicted molar refractivity (Wildman–Crippen MR) is 135 cm³/mol. The van der Waals surface area contributed by atoms with Crippen LogP contribution in [0.15, 0.2) is 36.5 Å². The Balaban J connectivity index is 1.70. The lowest BCUT2D eigenvalue weighted by atomic mass is 9.79. The molecule has 0 saturated carbocycles. The third-order valence-corrected chi connectivity index (χ3v) is 6.95. The van der Waals surface area contributed by atoms with Crippen molar-refractivity contribution in [3.8, 4) is 17.0 Å². The lowest BCUT2D eigenvalue weighted by Gasteiger charge is -2.49. The van der Waals surface area contributed by atoms with E-state index in [4.69, 9.17) is 27.2 Å². The van der Waals surface area contributed by atoms with E-state index in [0.717, 1.165) is 35.7 Å². The maximum atomic E-state index is 8.62. The van der Waals surface area contributed by atoms with Crippen molar-refractivity contribution < 1.29 is 4.74 Å². The standard InChI is InChI=1S/C24H32ClN5OS/c1-23(2)12-17(13-24(3,4)29-23)30(5)22(27)32-21(26)18-9-7-15(11-19(18)25)16-8-10-20(31-6)28-14-16/h7-11,14,17,26-27,29H,12-13H2,1-6H3. The van der Waals surface area contributed by atoms with E-state index in [1.54, 1.807) is 19.4 Å². The van der Waals surface area contributed by atoms with E-state index in [1.165, 1.54) is 0 Å². The minimum Gasteiger partial charge on any atom is -0.481 e. The molecular weight excluding hydrogens is 442 g/mol. The first-order valence-corrected chi connectivity index (χ1v) is 11.8. The minimum absolute atomic E-state index is 0.00537. The van der Waals surface area contributed by atoms with Crippen molar-refractivity contribution in [2.75, 3.05) is 14.2 Å². The van der Waals surface area contributed by atoms with Gasteiger partial charge in [-0.2, -0.15) is 0 Å². The van der Waals surface area contributed by atoms with E-state index in [-0.39, 0.29) is 22.2 Å². The second-order valence-corrected chi connectivity index (χ2v) is 11.0. The fourth-order valence-electron chi connectivity index (χ4n) is 4.48. The number of hydrogen-bond acceptors (Lipinski definition) is 6. The van der Waals surface area contributed by atoms with Gasteiger partial charge in [-0.15, -0.1) is 0 Å². The second kappa shape index (κ2) is 9.41. The van der Waals surface area contributed by atoms with Crippen molar-refractivity contribution in [2.45, 2.75) is 57.7 Å². The predicted octanol–water partition coefficient (Wildman–Crippen LogP) is 5.64. The highest BCUT2D eigenvalue weighted by molar-refractivity contribution is 8.26. The van der Waals surface area contributed by atoms with Crippen molar-refractivity contribution in [1.29, 1.82) is 10.8 Å². The van der Waals surface area contributed by atoms with Crippen molar-refractivity contribution >= 4 is 33.6 Å². The maximum Gasteiger partial charge on any atom is 0.212 e. The molecule has 2 aromatic rings. The van der Waals surface area contributed by atoms with Gasteiger partial charge in [0, 0.05) is 47.6 Å². The molecule has 0 unspecified atom stereocenters. The summed E-state index contributed by atoms with van der Waals surface area (Å²) in [4.78, 5) is 6.23. The molecule has 3 rings (SSSR count). The SMILES string of the molecule is COc1ccc(-c2ccc(C(=N)SC(=N)N(C)C3CC(C)(C)NC(C)(C)C3)c(Cl)c2)cn1. The molecule has 3 N–H and O–H groups in total. The number of piperidine rings is 1. The summed E-state index contributed by atoms with van der Waals surface area (Å²) in [5.74, 6) is 0.554. The van der Waals surface area contributed by atoms with Crippen molar-refractivity contribution in [3.05, 3.63) is 47.1 Å². The highest BCUT2D eigenvalue weighted by Gasteiger charge is 2.39. The van der Waals surface area contributed by atoms with Crippen LogP contribution in [0.3, 0.4) is 0 Å². The van der Waals surface area contributed by atoms with Gasteiger partial charge in [0.25, 0.3) is 0 Å². The van der Waals surface area contributed by atoms with E-state index in [9.17, 15) is 0 Å². The molecule has 1 aromatic heterocycles. The van der Waals surface area contributed by atoms with Crippen LogP contribution < -0.4 is 10.1 Å². The quantitative estimate of drug-likeness (QED) is 0.395. The Hall–Kier alpha value is -2.09. The molecule has 0 bridgehead atoms. The van der Waals surface area contributed by atoms with Crippen LogP contribution in [-0.2, 0) is 0 Å². The molecule has 0 spiro atoms. The van der Waals surface area contributed by atoms with Gasteiger partial charge in [-0.05, 0) is 70.0 Å². The number of nitrogens with one attached hydrogen (secondary N) is 3. The number of rotatable bonds is 4. The van der Waals surface area contributed by atoms with Gasteiger partial charge in [0.05, 0.1) is 12.1 Å². The van der Waals surface area contributed by atoms with Crippen molar-refractivity contribution in [2.24, 2.45) is 0 Å². The number of thioether (sulfide) groups is 1. The number of benzene rings is 1. The largest absolute Gasteiger partial charge is 0.481 e. The molecule has 1 saturated heterocycles. The molecular formula is C24H32ClN5OS. The Morgan fingerprint density at radius 1 is 1.12 bits per heavy atom. The highest BCUT2D eigenvalue weighted by Crippen LogP contribution is 2.33. The summed E-state index contributed by atoms with van der Waals surface area (Å²) < 4.78 is 5.11. The summed E-state index contributed by atoms with van der Waals surface area (Å²) in [6.45, 7) is 8.81. The Kier molecular flexibility index (Phi) is 7.22. The zero-order chi connectivity index (χ0) is 23.7. The summed E-state index contributed by atoms with van der Waals surface area (Å²) in [5, 5.41) is 22.0. The number of aromatic nitrogens is 1. The fraction of sp³-hybridized carbons (Fsp3) is 0.458. The minimum atomic E-state index is -0.00537. The van der Waals surface area contributed by atoms with E-state index in [0.29, 0.717) is 21.6 Å². The zero-order valence-electron chi connectivity index (χ0n) is 19.5. The molecule has 1 aromatic carbocycles. The van der Waals surface area contributed by atoms with Crippen LogP contribution in [0.25, 0.3) is 11.1 Å². The number of nitrogens with zero attached hydrogens (tertiary/aromatic N) is 2. The number of hydrogen-bond donors (Lipinski definition) is 3. The Morgan fingerprint density at radius 2 is 1.75 bits per heavy atom. The Morgan fingerprint density at radius 3 is 2.28 bits per heavy atom. The molecule has 172 valence electrons. The Labute approximate surface area is 200 Å². The lowest BCUT2D eigenvalue weighted by Crippen LogP contribution is -2.62. The van der Waals surface area contributed by atoms with Crippen molar-refractivity contribution in [1.82, 2.24) is 15.2 Å². The normalized spacial score (nSPS) is 17.6. The van der Waals surface area contributed by atoms with Gasteiger partial charge >= 0.3 is 0 Å². The summed E-state index contributed by atoms with van der Waals surface area (Å²) in [6.07, 6.45) is 3.61. The molecule has 1 aliphatic heterocycles. The monoisotopic (exact) mass is 473 g/mol. The van der Waals surface area contributed by atoms with Gasteiger partial charge in [0.15, 0.2) is 5.17 Å². The third kappa shape index (κ3) is 5.82. The molecule has 0 radical (unpaired) electrons. The zero-order valence-corrected chi connectivity index (χ0v) is 21.1. The highest BCUT2D eigenvalue weighted by atomic mass is 35.5. The van der Waals surface area contributed by atoms with Gasteiger partial charge in [-0.3, -0.25) is 10.8 Å². The first-order valence-electron chi connectivity index (χ1n) is 10.6. The number of methoxy groups -OCH3 is 1. The van der Waals surface area contributed by atoms with Crippen molar-refractivity contribution in [3.63, 3.8) is 0 Å². The maximum absolute atomic E-state index is 8.62. The summed E-state index contributed by atoms with van der Waals surface area (Å²) >= 11 is 7.66. The molecule has 6 nitrogen and oxygen atoms in total. The fourth-order valence-corrected chi connectivity index (χ4v) is 5.59. The molecule has 0 aliphatic carbocycles. The summed E-state index contributed by atoms with van der Waals surface area (Å²) in [7, 11) is 3.53. The average molecular weight is 474 g/mol. The second-order valence-electron chi connectivity index (χ2n) is 9.59. The molecule has 8 heteroatoms. The topological polar surface area (TPSA) is 85.1 Å². The first-order chi connectivity index (χ1) is 14.9. The van der Waals surface area contributed by atoms with E-state index in [1.807, 2.05) is 36.2 Å². The van der Waals surface area contributed by atoms with E-state index >= 15 is 0 Å². The molecule has 1 aliphatic rings. The summed E-state index contributed by atoms with van der Waals surface area (Å²) in [5.41, 5.74) is 2.44. The third-order valence-electron chi connectivity index (χ3n) is 5.73. The number of halogens is 1. The molecule has 1 fully saturated rings. The van der Waals surface area contributed by atoms with Gasteiger partial charge in [0.2, 0.25) is 5.88 Å². The van der Waals surface area contributed by atoms with E-state index in [2.05, 4.69) is 38.0 Å². The van der Waals surface area contributed by atoms with Crippen LogP contribution in [0.1, 0.15) is 46.1 Å². The molecule has 0 amide bonds. The lowest BCUT2D eigenvalue weighted by molar-refractivity contribution is 0.114. The van der Waals surface area contributed by atoms with Crippen LogP contribution in [0, 0.1) is 10.8 Å². The van der Waals surface area contributed by atoms with Gasteiger partial charge in [-0.1, -0.05) is 23.7 Å². The van der Waals surface area contributed by atoms with Crippen LogP contribution in [-0.4, -0.2) is 51.4 Å². The molecule has 0 atom stereocenters. The number of ether oxygens (including phenoxy) is 1. The first kappa shape index (κ1) is 24.6. The number of pyridine rings is 1. The average Bonchev–Trinajstić information content (AvgIpc) is 2.70. The molecule has 32 heavy (non-hydrogen) atoms. The van der Waals surface area contributed by atoms with Crippen LogP contribution in [0.5, 0.6) is 5.88 Å². The smallest absolute Gasteiger partial charge is 0.212 e. The van der Waals surface area contributed by atoms with E-state index < -0.39 is 0 Å². The van der Waals surface area contributed by atoms with Crippen LogP contribution in [0.4, 0.5) is 0 Å². The van der Waals surface area contributed by atoms with Gasteiger partial charge in [-0.25, -0.2) is 4.98 Å².